The zero-order valence-corrected chi connectivity index (χ0v) is 15.4. The number of ether oxygens (including phenoxy) is 1. The first-order chi connectivity index (χ1) is 12.5. The van der Waals surface area contributed by atoms with Crippen molar-refractivity contribution in [2.75, 3.05) is 43.6 Å². The van der Waals surface area contributed by atoms with Crippen LogP contribution in [0, 0.1) is 0 Å². The SMILES string of the molecule is CN(Cc1ccccc1O)C(=O)Nc1cc(Cl)ccc1N1CCOCC1. The smallest absolute Gasteiger partial charge is 0.321 e. The van der Waals surface area contributed by atoms with E-state index in [1.54, 1.807) is 31.3 Å². The molecule has 2 aromatic rings. The van der Waals surface area contributed by atoms with Crippen LogP contribution in [-0.4, -0.2) is 49.4 Å². The maximum atomic E-state index is 12.6. The molecule has 0 aromatic heterocycles. The van der Waals surface area contributed by atoms with Gasteiger partial charge in [0.05, 0.1) is 31.1 Å². The number of para-hydroxylation sites is 1. The molecule has 138 valence electrons. The number of aromatic hydroxyl groups is 1. The highest BCUT2D eigenvalue weighted by Gasteiger charge is 2.18. The molecule has 2 amide bonds. The minimum atomic E-state index is -0.273. The number of phenols is 1. The predicted molar refractivity (Wildman–Crippen MR) is 103 cm³/mol. The maximum absolute atomic E-state index is 12.6. The van der Waals surface area contributed by atoms with Gasteiger partial charge in [-0.25, -0.2) is 4.79 Å². The second-order valence-corrected chi connectivity index (χ2v) is 6.61. The topological polar surface area (TPSA) is 65.0 Å². The van der Waals surface area contributed by atoms with E-state index in [1.165, 1.54) is 4.90 Å². The molecular formula is C19H22ClN3O3. The lowest BCUT2D eigenvalue weighted by molar-refractivity contribution is 0.123. The van der Waals surface area contributed by atoms with Crippen molar-refractivity contribution in [3.8, 4) is 5.75 Å². The first kappa shape index (κ1) is 18.4. The lowest BCUT2D eigenvalue weighted by Gasteiger charge is -2.31. The van der Waals surface area contributed by atoms with Crippen LogP contribution in [0.5, 0.6) is 5.75 Å². The summed E-state index contributed by atoms with van der Waals surface area (Å²) in [6.07, 6.45) is 0. The van der Waals surface area contributed by atoms with Crippen LogP contribution in [0.1, 0.15) is 5.56 Å². The monoisotopic (exact) mass is 375 g/mol. The average molecular weight is 376 g/mol. The number of benzene rings is 2. The molecule has 0 unspecified atom stereocenters. The van der Waals surface area contributed by atoms with Crippen molar-refractivity contribution in [3.05, 3.63) is 53.1 Å². The highest BCUT2D eigenvalue weighted by Crippen LogP contribution is 2.30. The molecule has 1 aliphatic heterocycles. The highest BCUT2D eigenvalue weighted by molar-refractivity contribution is 6.31. The van der Waals surface area contributed by atoms with Gasteiger partial charge >= 0.3 is 6.03 Å². The Morgan fingerprint density at radius 1 is 1.27 bits per heavy atom. The second-order valence-electron chi connectivity index (χ2n) is 6.18. The van der Waals surface area contributed by atoms with Crippen molar-refractivity contribution in [1.29, 1.82) is 0 Å². The molecule has 1 heterocycles. The van der Waals surface area contributed by atoms with Gasteiger partial charge in [-0.2, -0.15) is 0 Å². The van der Waals surface area contributed by atoms with Gasteiger partial charge in [0, 0.05) is 30.7 Å². The zero-order chi connectivity index (χ0) is 18.5. The number of nitrogens with one attached hydrogen (secondary N) is 1. The summed E-state index contributed by atoms with van der Waals surface area (Å²) in [6, 6.07) is 12.2. The summed E-state index contributed by atoms with van der Waals surface area (Å²) in [5, 5.41) is 13.4. The summed E-state index contributed by atoms with van der Waals surface area (Å²) in [7, 11) is 1.68. The molecule has 0 radical (unpaired) electrons. The molecule has 0 saturated carbocycles. The van der Waals surface area contributed by atoms with Crippen molar-refractivity contribution in [1.82, 2.24) is 4.90 Å². The number of amides is 2. The summed E-state index contributed by atoms with van der Waals surface area (Å²) in [6.45, 7) is 3.13. The number of hydrogen-bond donors (Lipinski definition) is 2. The second kappa shape index (κ2) is 8.29. The van der Waals surface area contributed by atoms with E-state index in [9.17, 15) is 9.90 Å². The summed E-state index contributed by atoms with van der Waals surface area (Å²) >= 11 is 6.13. The lowest BCUT2D eigenvalue weighted by atomic mass is 10.2. The van der Waals surface area contributed by atoms with Gasteiger partial charge in [0.1, 0.15) is 5.75 Å². The lowest BCUT2D eigenvalue weighted by Crippen LogP contribution is -2.37. The van der Waals surface area contributed by atoms with Crippen LogP contribution in [0.25, 0.3) is 0 Å². The third kappa shape index (κ3) is 4.39. The summed E-state index contributed by atoms with van der Waals surface area (Å²) in [5.74, 6) is 0.170. The fraction of sp³-hybridized carbons (Fsp3) is 0.316. The number of carbonyl (C=O) groups excluding carboxylic acids is 1. The molecule has 2 N–H and O–H groups in total. The van der Waals surface area contributed by atoms with Gasteiger partial charge in [0.2, 0.25) is 0 Å². The first-order valence-corrected chi connectivity index (χ1v) is 8.83. The predicted octanol–water partition coefficient (Wildman–Crippen LogP) is 3.55. The van der Waals surface area contributed by atoms with Crippen LogP contribution in [0.3, 0.4) is 0 Å². The molecule has 0 spiro atoms. The molecule has 1 fully saturated rings. The number of rotatable bonds is 4. The summed E-state index contributed by atoms with van der Waals surface area (Å²) in [5.41, 5.74) is 2.26. The molecular weight excluding hydrogens is 354 g/mol. The van der Waals surface area contributed by atoms with E-state index in [1.807, 2.05) is 18.2 Å². The van der Waals surface area contributed by atoms with E-state index in [4.69, 9.17) is 16.3 Å². The fourth-order valence-corrected chi connectivity index (χ4v) is 3.04. The third-order valence-corrected chi connectivity index (χ3v) is 4.53. The van der Waals surface area contributed by atoms with Gasteiger partial charge < -0.3 is 25.0 Å². The number of morpholine rings is 1. The van der Waals surface area contributed by atoms with Gasteiger partial charge in [-0.15, -0.1) is 0 Å². The third-order valence-electron chi connectivity index (χ3n) is 4.30. The Bertz CT molecular complexity index is 778. The maximum Gasteiger partial charge on any atom is 0.321 e. The molecule has 2 aromatic carbocycles. The van der Waals surface area contributed by atoms with E-state index in [0.717, 1.165) is 18.8 Å². The summed E-state index contributed by atoms with van der Waals surface area (Å²) < 4.78 is 5.39. The molecule has 6 nitrogen and oxygen atoms in total. The summed E-state index contributed by atoms with van der Waals surface area (Å²) in [4.78, 5) is 16.3. The Balaban J connectivity index is 1.74. The van der Waals surface area contributed by atoms with Gasteiger partial charge in [-0.3, -0.25) is 0 Å². The van der Waals surface area contributed by atoms with E-state index < -0.39 is 0 Å². The van der Waals surface area contributed by atoms with Crippen molar-refractivity contribution < 1.29 is 14.6 Å². The molecule has 0 atom stereocenters. The van der Waals surface area contributed by atoms with Crippen molar-refractivity contribution in [2.24, 2.45) is 0 Å². The van der Waals surface area contributed by atoms with E-state index in [-0.39, 0.29) is 11.8 Å². The molecule has 0 aliphatic carbocycles. The normalized spacial score (nSPS) is 14.2. The molecule has 1 saturated heterocycles. The Hall–Kier alpha value is -2.44. The first-order valence-electron chi connectivity index (χ1n) is 8.46. The zero-order valence-electron chi connectivity index (χ0n) is 14.6. The van der Waals surface area contributed by atoms with E-state index in [2.05, 4.69) is 10.2 Å². The number of nitrogens with zero attached hydrogens (tertiary/aromatic N) is 2. The van der Waals surface area contributed by atoms with Crippen LogP contribution >= 0.6 is 11.6 Å². The fourth-order valence-electron chi connectivity index (χ4n) is 2.87. The Morgan fingerprint density at radius 3 is 2.73 bits per heavy atom. The Labute approximate surface area is 157 Å². The number of hydrogen-bond acceptors (Lipinski definition) is 4. The van der Waals surface area contributed by atoms with Gasteiger partial charge in [-0.05, 0) is 24.3 Å². The van der Waals surface area contributed by atoms with E-state index >= 15 is 0 Å². The van der Waals surface area contributed by atoms with Crippen LogP contribution in [0.4, 0.5) is 16.2 Å². The van der Waals surface area contributed by atoms with Crippen molar-refractivity contribution in [2.45, 2.75) is 6.54 Å². The largest absolute Gasteiger partial charge is 0.508 e. The number of urea groups is 1. The molecule has 3 rings (SSSR count). The average Bonchev–Trinajstić information content (AvgIpc) is 2.64. The quantitative estimate of drug-likeness (QED) is 0.857. The highest BCUT2D eigenvalue weighted by atomic mass is 35.5. The number of halogens is 1. The van der Waals surface area contributed by atoms with Crippen LogP contribution < -0.4 is 10.2 Å². The standard InChI is InChI=1S/C19H22ClN3O3/c1-22(13-14-4-2-3-5-18(14)24)19(25)21-16-12-15(20)6-7-17(16)23-8-10-26-11-9-23/h2-7,12,24H,8-11,13H2,1H3,(H,21,25). The Kier molecular flexibility index (Phi) is 5.85. The number of phenolic OH excluding ortho intramolecular Hbond substituents is 1. The number of anilines is 2. The Morgan fingerprint density at radius 2 is 2.00 bits per heavy atom. The van der Waals surface area contributed by atoms with Crippen LogP contribution in [0.2, 0.25) is 5.02 Å². The van der Waals surface area contributed by atoms with Crippen LogP contribution in [-0.2, 0) is 11.3 Å². The minimum Gasteiger partial charge on any atom is -0.508 e. The molecule has 0 bridgehead atoms. The van der Waals surface area contributed by atoms with Gasteiger partial charge in [0.15, 0.2) is 0 Å². The molecule has 26 heavy (non-hydrogen) atoms. The van der Waals surface area contributed by atoms with Crippen molar-refractivity contribution >= 4 is 29.0 Å². The number of carbonyl (C=O) groups is 1. The van der Waals surface area contributed by atoms with Crippen LogP contribution in [0.15, 0.2) is 42.5 Å². The van der Waals surface area contributed by atoms with Gasteiger partial charge in [-0.1, -0.05) is 29.8 Å². The molecule has 1 aliphatic rings. The molecule has 7 heteroatoms. The van der Waals surface area contributed by atoms with Gasteiger partial charge in [0.25, 0.3) is 0 Å². The minimum absolute atomic E-state index is 0.170. The van der Waals surface area contributed by atoms with E-state index in [0.29, 0.717) is 36.0 Å². The van der Waals surface area contributed by atoms with Crippen molar-refractivity contribution in [3.63, 3.8) is 0 Å².